The Hall–Kier alpha value is 1.33. The van der Waals surface area contributed by atoms with Gasteiger partial charge in [0.2, 0.25) is 0 Å². The minimum absolute atomic E-state index is 0. The molecule has 0 N–H and O–H groups in total. The molecule has 0 saturated heterocycles. The summed E-state index contributed by atoms with van der Waals surface area (Å²) in [5.41, 5.74) is 0. The smallest absolute Gasteiger partial charge is 2.00 e. The second-order valence-electron chi connectivity index (χ2n) is 0. The van der Waals surface area contributed by atoms with Gasteiger partial charge in [0.1, 0.15) is 0 Å². The number of rotatable bonds is 0. The van der Waals surface area contributed by atoms with Crippen LogP contribution in [0.2, 0.25) is 0 Å². The van der Waals surface area contributed by atoms with Crippen LogP contribution >= 0.6 is 0 Å². The van der Waals surface area contributed by atoms with E-state index in [2.05, 4.69) is 0 Å². The van der Waals surface area contributed by atoms with Crippen molar-refractivity contribution < 1.29 is 25.0 Å². The summed E-state index contributed by atoms with van der Waals surface area (Å²) in [5, 5.41) is 0. The summed E-state index contributed by atoms with van der Waals surface area (Å²) < 4.78 is 0. The van der Waals surface area contributed by atoms with E-state index >= 15 is 0 Å². The van der Waals surface area contributed by atoms with Crippen molar-refractivity contribution in [3.8, 4) is 0 Å². The predicted molar refractivity (Wildman–Crippen MR) is 12.2 cm³/mol. The minimum Gasteiger partial charge on any atom is -2.00 e. The van der Waals surface area contributed by atoms with Crippen molar-refractivity contribution in [1.82, 2.24) is 0 Å². The quantitative estimate of drug-likeness (QED) is 0.387. The Bertz CT molecular complexity index is 8.00. The molecule has 0 aromatic carbocycles. The van der Waals surface area contributed by atoms with Gasteiger partial charge >= 0.3 is 47.8 Å². The van der Waals surface area contributed by atoms with Crippen LogP contribution in [0.4, 0.5) is 0 Å². The summed E-state index contributed by atoms with van der Waals surface area (Å²) >= 11 is 0. The van der Waals surface area contributed by atoms with Gasteiger partial charge < -0.3 is 5.48 Å². The molecule has 0 aromatic heterocycles. The van der Waals surface area contributed by atoms with Gasteiger partial charge in [0.05, 0.1) is 0 Å². The van der Waals surface area contributed by atoms with Crippen molar-refractivity contribution in [3.63, 3.8) is 0 Å². The van der Waals surface area contributed by atoms with Crippen LogP contribution in [0.3, 0.4) is 0 Å². The molecule has 0 atom stereocenters. The first-order valence-corrected chi connectivity index (χ1v) is 0. The molecule has 0 aliphatic heterocycles. The first-order chi connectivity index (χ1) is 0. The molecule has 0 spiro atoms. The Morgan fingerprint density at radius 2 is 1.00 bits per heavy atom. The van der Waals surface area contributed by atoms with Crippen molar-refractivity contribution in [2.45, 2.75) is 0 Å². The van der Waals surface area contributed by atoms with E-state index in [0.717, 1.165) is 0 Å². The van der Waals surface area contributed by atoms with Crippen molar-refractivity contribution >= 4 is 28.3 Å². The average Bonchev–Trinajstić information content (AvgIpc) is 0. The summed E-state index contributed by atoms with van der Waals surface area (Å²) in [4.78, 5) is 0. The molecule has 4 heteroatoms. The van der Waals surface area contributed by atoms with Crippen LogP contribution in [-0.4, -0.2) is 28.3 Å². The third-order valence-corrected chi connectivity index (χ3v) is 0. The van der Waals surface area contributed by atoms with Crippen molar-refractivity contribution in [3.05, 3.63) is 0 Å². The van der Waals surface area contributed by atoms with Crippen molar-refractivity contribution in [2.75, 3.05) is 0 Å². The SMILES string of the molecule is [Al+3].[O-2].[Si+4].[Zn+2]. The summed E-state index contributed by atoms with van der Waals surface area (Å²) in [6, 6.07) is 0. The van der Waals surface area contributed by atoms with Gasteiger partial charge in [0, 0.05) is 0 Å². The Morgan fingerprint density at radius 3 is 1.00 bits per heavy atom. The molecule has 0 aliphatic rings. The molecule has 0 fully saturated rings. The van der Waals surface area contributed by atoms with Gasteiger partial charge in [-0.25, -0.2) is 0 Å². The monoisotopic (exact) mass is 135 g/mol. The van der Waals surface area contributed by atoms with Gasteiger partial charge in [-0.15, -0.1) is 0 Å². The van der Waals surface area contributed by atoms with E-state index < -0.39 is 0 Å². The first-order valence-electron chi connectivity index (χ1n) is 0. The van der Waals surface area contributed by atoms with Crippen LogP contribution in [0.5, 0.6) is 0 Å². The molecular formula is AlOSiZn+7. The van der Waals surface area contributed by atoms with Gasteiger partial charge in [-0.2, -0.15) is 0 Å². The van der Waals surface area contributed by atoms with Gasteiger partial charge in [-0.3, -0.25) is 0 Å². The van der Waals surface area contributed by atoms with Crippen LogP contribution in [0, 0.1) is 0 Å². The van der Waals surface area contributed by atoms with Crippen LogP contribution < -0.4 is 0 Å². The summed E-state index contributed by atoms with van der Waals surface area (Å²) in [6.07, 6.45) is 0. The molecule has 0 bridgehead atoms. The van der Waals surface area contributed by atoms with Gasteiger partial charge in [0.15, 0.2) is 0 Å². The molecule has 8 valence electrons. The normalized spacial score (nSPS) is 0. The molecule has 4 heavy (non-hydrogen) atoms. The van der Waals surface area contributed by atoms with E-state index in [-0.39, 0.29) is 53.3 Å². The Morgan fingerprint density at radius 1 is 1.00 bits per heavy atom. The fraction of sp³-hybridized carbons (Fsp3) is 0. The second-order valence-corrected chi connectivity index (χ2v) is 0. The molecule has 1 nitrogen and oxygen atoms in total. The molecule has 0 amide bonds. The van der Waals surface area contributed by atoms with Crippen LogP contribution in [0.25, 0.3) is 0 Å². The van der Waals surface area contributed by atoms with Gasteiger partial charge in [0.25, 0.3) is 0 Å². The summed E-state index contributed by atoms with van der Waals surface area (Å²) in [5.74, 6) is 0. The number of hydrogen-bond donors (Lipinski definition) is 0. The van der Waals surface area contributed by atoms with Crippen molar-refractivity contribution in [2.24, 2.45) is 0 Å². The van der Waals surface area contributed by atoms with Crippen LogP contribution in [0.15, 0.2) is 0 Å². The first kappa shape index (κ1) is 56.4. The third-order valence-electron chi connectivity index (χ3n) is 0. The Kier molecular flexibility index (Phi) is 382. The van der Waals surface area contributed by atoms with Gasteiger partial charge in [-0.1, -0.05) is 0 Å². The topological polar surface area (TPSA) is 28.5 Å². The molecule has 0 radical (unpaired) electrons. The maximum Gasteiger partial charge on any atom is 4.00 e. The largest absolute Gasteiger partial charge is 4.00 e. The van der Waals surface area contributed by atoms with E-state index in [9.17, 15) is 0 Å². The standard InChI is InChI=1S/Al.O.Si.Zn/q+3;-2;+4;+2. The molecule has 0 unspecified atom stereocenters. The zero-order valence-corrected chi connectivity index (χ0v) is 7.31. The summed E-state index contributed by atoms with van der Waals surface area (Å²) in [7, 11) is 0. The van der Waals surface area contributed by atoms with E-state index in [1.54, 1.807) is 0 Å². The average molecular weight is 136 g/mol. The Balaban J connectivity index is 0. The van der Waals surface area contributed by atoms with E-state index in [0.29, 0.717) is 0 Å². The van der Waals surface area contributed by atoms with Crippen LogP contribution in [-0.2, 0) is 25.0 Å². The minimum atomic E-state index is 0. The zero-order chi connectivity index (χ0) is 0. The van der Waals surface area contributed by atoms with E-state index in [1.165, 1.54) is 0 Å². The molecule has 0 aromatic rings. The van der Waals surface area contributed by atoms with Gasteiger partial charge in [-0.05, 0) is 0 Å². The molecule has 0 heterocycles. The Labute approximate surface area is 53.4 Å². The predicted octanol–water partition coefficient (Wildman–Crippen LogP) is -0.883. The molecular weight excluding hydrogens is 136 g/mol. The molecule has 0 saturated carbocycles. The fourth-order valence-corrected chi connectivity index (χ4v) is 0. The maximum absolute atomic E-state index is 0. The fourth-order valence-electron chi connectivity index (χ4n) is 0. The van der Waals surface area contributed by atoms with Crippen LogP contribution in [0.1, 0.15) is 0 Å². The second kappa shape index (κ2) is 27.1. The zero-order valence-electron chi connectivity index (χ0n) is 2.19. The third kappa shape index (κ3) is 10.2. The number of hydrogen-bond acceptors (Lipinski definition) is 0. The van der Waals surface area contributed by atoms with E-state index in [1.807, 2.05) is 0 Å². The molecule has 0 rings (SSSR count). The molecule has 0 aliphatic carbocycles. The summed E-state index contributed by atoms with van der Waals surface area (Å²) in [6.45, 7) is 0. The van der Waals surface area contributed by atoms with E-state index in [4.69, 9.17) is 0 Å². The van der Waals surface area contributed by atoms with Crippen molar-refractivity contribution in [1.29, 1.82) is 0 Å². The maximum atomic E-state index is 0.